The molecule has 0 amide bonds. The molecule has 21 heavy (non-hydrogen) atoms. The highest BCUT2D eigenvalue weighted by Gasteiger charge is 2.10. The second-order valence-electron chi connectivity index (χ2n) is 5.39. The van der Waals surface area contributed by atoms with Gasteiger partial charge >= 0.3 is 0 Å². The first kappa shape index (κ1) is 16.1. The summed E-state index contributed by atoms with van der Waals surface area (Å²) in [4.78, 5) is 1.28. The molecule has 2 aromatic carbocycles. The van der Waals surface area contributed by atoms with Gasteiger partial charge in [-0.2, -0.15) is 0 Å². The number of hydrogen-bond donors (Lipinski definition) is 1. The molecule has 1 unspecified atom stereocenters. The quantitative estimate of drug-likeness (QED) is 0.796. The minimum Gasteiger partial charge on any atom is -0.316 e. The fourth-order valence-corrected chi connectivity index (χ4v) is 3.39. The number of nitrogens with one attached hydrogen (secondary N) is 1. The fourth-order valence-electron chi connectivity index (χ4n) is 2.27. The smallest absolute Gasteiger partial charge is 0.123 e. The highest BCUT2D eigenvalue weighted by molar-refractivity contribution is 7.99. The van der Waals surface area contributed by atoms with Crippen molar-refractivity contribution in [3.63, 3.8) is 0 Å². The average Bonchev–Trinajstić information content (AvgIpc) is 2.47. The molecule has 0 saturated heterocycles. The molecule has 2 aromatic rings. The van der Waals surface area contributed by atoms with E-state index < -0.39 is 0 Å². The van der Waals surface area contributed by atoms with Crippen molar-refractivity contribution in [2.24, 2.45) is 0 Å². The van der Waals surface area contributed by atoms with Gasteiger partial charge in [-0.25, -0.2) is 4.39 Å². The molecule has 0 radical (unpaired) electrons. The fraction of sp³-hybridized carbons (Fsp3) is 0.333. The molecule has 1 atom stereocenters. The Balaban J connectivity index is 1.98. The molecule has 2 rings (SSSR count). The van der Waals surface area contributed by atoms with Gasteiger partial charge in [0.2, 0.25) is 0 Å². The summed E-state index contributed by atoms with van der Waals surface area (Å²) >= 11 is 1.84. The van der Waals surface area contributed by atoms with Crippen LogP contribution in [0.1, 0.15) is 16.7 Å². The zero-order chi connectivity index (χ0) is 15.2. The van der Waals surface area contributed by atoms with Gasteiger partial charge < -0.3 is 5.32 Å². The van der Waals surface area contributed by atoms with E-state index in [-0.39, 0.29) is 5.82 Å². The molecule has 0 heterocycles. The molecule has 0 spiro atoms. The lowest BCUT2D eigenvalue weighted by atomic mass is 10.0. The van der Waals surface area contributed by atoms with Gasteiger partial charge in [0.25, 0.3) is 0 Å². The molecule has 0 aliphatic rings. The molecule has 0 aromatic heterocycles. The third-order valence-electron chi connectivity index (χ3n) is 3.63. The van der Waals surface area contributed by atoms with E-state index in [0.29, 0.717) is 6.04 Å². The second-order valence-corrected chi connectivity index (χ2v) is 6.48. The Morgan fingerprint density at radius 3 is 2.67 bits per heavy atom. The number of aryl methyl sites for hydroxylation is 2. The van der Waals surface area contributed by atoms with Gasteiger partial charge in [0.15, 0.2) is 0 Å². The monoisotopic (exact) mass is 303 g/mol. The maximum Gasteiger partial charge on any atom is 0.123 e. The summed E-state index contributed by atoms with van der Waals surface area (Å²) in [6.45, 7) is 4.14. The molecule has 0 aliphatic heterocycles. The van der Waals surface area contributed by atoms with E-state index in [0.717, 1.165) is 23.3 Å². The van der Waals surface area contributed by atoms with E-state index in [2.05, 4.69) is 36.5 Å². The van der Waals surface area contributed by atoms with Crippen molar-refractivity contribution in [2.75, 3.05) is 12.8 Å². The van der Waals surface area contributed by atoms with Crippen molar-refractivity contribution in [3.05, 3.63) is 65.0 Å². The highest BCUT2D eigenvalue weighted by Crippen LogP contribution is 2.21. The van der Waals surface area contributed by atoms with Gasteiger partial charge in [-0.15, -0.1) is 11.8 Å². The van der Waals surface area contributed by atoms with Crippen molar-refractivity contribution in [1.29, 1.82) is 0 Å². The first-order valence-corrected chi connectivity index (χ1v) is 8.19. The lowest BCUT2D eigenvalue weighted by Gasteiger charge is -2.17. The summed E-state index contributed by atoms with van der Waals surface area (Å²) in [6.07, 6.45) is 0.846. The van der Waals surface area contributed by atoms with E-state index in [1.165, 1.54) is 16.5 Å². The number of rotatable bonds is 6. The summed E-state index contributed by atoms with van der Waals surface area (Å²) in [5.74, 6) is 0.812. The minimum absolute atomic E-state index is 0.156. The maximum atomic E-state index is 13.4. The van der Waals surface area contributed by atoms with Crippen molar-refractivity contribution in [3.8, 4) is 0 Å². The predicted molar refractivity (Wildman–Crippen MR) is 89.6 cm³/mol. The van der Waals surface area contributed by atoms with Gasteiger partial charge in [-0.3, -0.25) is 0 Å². The Hall–Kier alpha value is -1.32. The van der Waals surface area contributed by atoms with Gasteiger partial charge in [0.1, 0.15) is 5.82 Å². The first-order chi connectivity index (χ1) is 10.1. The first-order valence-electron chi connectivity index (χ1n) is 7.20. The standard InChI is InChI=1S/C18H22FNS/c1-13-5-4-6-18(9-13)21-12-17(20-3)11-15-10-16(19)8-7-14(15)2/h4-10,17,20H,11-12H2,1-3H3. The van der Waals surface area contributed by atoms with Gasteiger partial charge in [-0.05, 0) is 62.7 Å². The molecule has 112 valence electrons. The molecule has 3 heteroatoms. The van der Waals surface area contributed by atoms with Crippen LogP contribution in [-0.2, 0) is 6.42 Å². The van der Waals surface area contributed by atoms with Crippen LogP contribution in [0.5, 0.6) is 0 Å². The number of thioether (sulfide) groups is 1. The van der Waals surface area contributed by atoms with E-state index in [9.17, 15) is 4.39 Å². The SMILES string of the molecule is CNC(CSc1cccc(C)c1)Cc1cc(F)ccc1C. The zero-order valence-corrected chi connectivity index (χ0v) is 13.6. The zero-order valence-electron chi connectivity index (χ0n) is 12.8. The van der Waals surface area contributed by atoms with E-state index in [1.54, 1.807) is 6.07 Å². The van der Waals surface area contributed by atoms with Crippen LogP contribution in [0.4, 0.5) is 4.39 Å². The number of halogens is 1. The van der Waals surface area contributed by atoms with Crippen LogP contribution >= 0.6 is 11.8 Å². The maximum absolute atomic E-state index is 13.4. The summed E-state index contributed by atoms with van der Waals surface area (Å²) in [5, 5.41) is 3.34. The molecule has 0 bridgehead atoms. The van der Waals surface area contributed by atoms with E-state index in [1.807, 2.05) is 31.8 Å². The van der Waals surface area contributed by atoms with Crippen molar-refractivity contribution in [1.82, 2.24) is 5.32 Å². The van der Waals surface area contributed by atoms with Crippen LogP contribution in [-0.4, -0.2) is 18.8 Å². The second kappa shape index (κ2) is 7.62. The summed E-state index contributed by atoms with van der Waals surface area (Å²) in [5.41, 5.74) is 3.51. The molecular formula is C18H22FNS. The van der Waals surface area contributed by atoms with Crippen molar-refractivity contribution >= 4 is 11.8 Å². The van der Waals surface area contributed by atoms with Crippen molar-refractivity contribution < 1.29 is 4.39 Å². The van der Waals surface area contributed by atoms with E-state index in [4.69, 9.17) is 0 Å². The number of benzene rings is 2. The van der Waals surface area contributed by atoms with Gasteiger partial charge in [0, 0.05) is 16.7 Å². The third-order valence-corrected chi connectivity index (χ3v) is 4.78. The van der Waals surface area contributed by atoms with Crippen LogP contribution in [0, 0.1) is 19.7 Å². The summed E-state index contributed by atoms with van der Waals surface area (Å²) in [6, 6.07) is 13.9. The Morgan fingerprint density at radius 1 is 1.14 bits per heavy atom. The normalized spacial score (nSPS) is 12.4. The Labute approximate surface area is 131 Å². The Kier molecular flexibility index (Phi) is 5.83. The summed E-state index contributed by atoms with van der Waals surface area (Å²) < 4.78 is 13.4. The largest absolute Gasteiger partial charge is 0.316 e. The van der Waals surface area contributed by atoms with Crippen LogP contribution in [0.15, 0.2) is 47.4 Å². The molecule has 1 nitrogen and oxygen atoms in total. The lowest BCUT2D eigenvalue weighted by Crippen LogP contribution is -2.30. The number of hydrogen-bond acceptors (Lipinski definition) is 2. The average molecular weight is 303 g/mol. The Morgan fingerprint density at radius 2 is 1.95 bits per heavy atom. The van der Waals surface area contributed by atoms with Crippen LogP contribution in [0.3, 0.4) is 0 Å². The van der Waals surface area contributed by atoms with Gasteiger partial charge in [0.05, 0.1) is 0 Å². The topological polar surface area (TPSA) is 12.0 Å². The predicted octanol–water partition coefficient (Wildman–Crippen LogP) is 4.37. The van der Waals surface area contributed by atoms with Crippen LogP contribution in [0.2, 0.25) is 0 Å². The number of likely N-dealkylation sites (N-methyl/N-ethyl adjacent to an activating group) is 1. The highest BCUT2D eigenvalue weighted by atomic mass is 32.2. The minimum atomic E-state index is -0.156. The molecule has 0 aliphatic carbocycles. The molecule has 1 N–H and O–H groups in total. The molecular weight excluding hydrogens is 281 g/mol. The molecule has 0 saturated carbocycles. The summed E-state index contributed by atoms with van der Waals surface area (Å²) in [7, 11) is 1.97. The lowest BCUT2D eigenvalue weighted by molar-refractivity contribution is 0.601. The van der Waals surface area contributed by atoms with Crippen LogP contribution in [0.25, 0.3) is 0 Å². The van der Waals surface area contributed by atoms with E-state index >= 15 is 0 Å². The molecule has 0 fully saturated rings. The van der Waals surface area contributed by atoms with Gasteiger partial charge in [-0.1, -0.05) is 23.8 Å². The Bertz CT molecular complexity index is 598. The van der Waals surface area contributed by atoms with Crippen molar-refractivity contribution in [2.45, 2.75) is 31.2 Å². The third kappa shape index (κ3) is 4.87. The van der Waals surface area contributed by atoms with Crippen LogP contribution < -0.4 is 5.32 Å².